The molecule has 4 heteroatoms. The molecule has 7 aromatic carbocycles. The third-order valence-electron chi connectivity index (χ3n) is 9.22. The van der Waals surface area contributed by atoms with Crippen molar-refractivity contribution in [3.8, 4) is 22.3 Å². The predicted octanol–water partition coefficient (Wildman–Crippen LogP) is 2.98. The smallest absolute Gasteiger partial charge is 0.0923 e. The van der Waals surface area contributed by atoms with Crippen LogP contribution in [0.25, 0.3) is 65.3 Å². The van der Waals surface area contributed by atoms with E-state index in [1.165, 1.54) is 92.8 Å². The molecule has 180 valence electrons. The molecule has 0 radical (unpaired) electrons. The lowest BCUT2D eigenvalue weighted by Crippen LogP contribution is -2.45. The largest absolute Gasteiger partial charge is 0.139 e. The van der Waals surface area contributed by atoms with Crippen LogP contribution in [0.15, 0.2) is 103 Å². The van der Waals surface area contributed by atoms with Gasteiger partial charge in [-0.1, -0.05) is 124 Å². The molecule has 0 amide bonds. The Hall–Kier alpha value is -4.16. The molecule has 0 saturated heterocycles. The Morgan fingerprint density at radius 2 is 0.795 bits per heavy atom. The van der Waals surface area contributed by atoms with Gasteiger partial charge in [0.05, 0.1) is 0 Å². The van der Waals surface area contributed by atoms with Gasteiger partial charge >= 0.3 is 0 Å². The van der Waals surface area contributed by atoms with Gasteiger partial charge in [0.15, 0.2) is 0 Å². The normalized spacial score (nSPS) is 11.6. The zero-order valence-corrected chi connectivity index (χ0v) is 23.3. The third-order valence-corrected chi connectivity index (χ3v) is 9.22. The summed E-state index contributed by atoms with van der Waals surface area (Å²) in [6, 6.07) is 38.1. The van der Waals surface area contributed by atoms with Crippen molar-refractivity contribution in [3.63, 3.8) is 0 Å². The van der Waals surface area contributed by atoms with Crippen molar-refractivity contribution in [3.05, 3.63) is 109 Å². The lowest BCUT2D eigenvalue weighted by Gasteiger charge is -2.24. The topological polar surface area (TPSA) is 0 Å². The lowest BCUT2D eigenvalue weighted by atomic mass is 9.63. The molecule has 7 rings (SSSR count). The number of benzene rings is 7. The second-order valence-corrected chi connectivity index (χ2v) is 11.0. The molecular weight excluding hydrogens is 464 g/mol. The van der Waals surface area contributed by atoms with Crippen LogP contribution in [0.2, 0.25) is 0 Å². The van der Waals surface area contributed by atoms with Crippen molar-refractivity contribution >= 4 is 96.3 Å². The fourth-order valence-electron chi connectivity index (χ4n) is 6.82. The molecule has 0 fully saturated rings. The van der Waals surface area contributed by atoms with Crippen LogP contribution in [0.4, 0.5) is 0 Å². The van der Waals surface area contributed by atoms with E-state index in [1.807, 2.05) is 0 Å². The minimum atomic E-state index is 1.28. The van der Waals surface area contributed by atoms with Crippen molar-refractivity contribution in [2.75, 3.05) is 0 Å². The van der Waals surface area contributed by atoms with Gasteiger partial charge in [0.25, 0.3) is 0 Å². The Morgan fingerprint density at radius 3 is 1.33 bits per heavy atom. The van der Waals surface area contributed by atoms with Crippen LogP contribution in [0.1, 0.15) is 5.56 Å². The summed E-state index contributed by atoms with van der Waals surface area (Å²) in [4.78, 5) is 0. The highest BCUT2D eigenvalue weighted by atomic mass is 14.2. The Kier molecular flexibility index (Phi) is 5.49. The first kappa shape index (κ1) is 23.9. The van der Waals surface area contributed by atoms with Gasteiger partial charge in [0, 0.05) is 0 Å². The lowest BCUT2D eigenvalue weighted by molar-refractivity contribution is 1.59. The first-order valence-electron chi connectivity index (χ1n) is 13.9. The van der Waals surface area contributed by atoms with E-state index in [-0.39, 0.29) is 0 Å². The van der Waals surface area contributed by atoms with E-state index in [4.69, 9.17) is 0 Å². The summed E-state index contributed by atoms with van der Waals surface area (Å²) < 4.78 is 0. The molecule has 0 N–H and O–H groups in total. The molecule has 0 aliphatic rings. The van der Waals surface area contributed by atoms with Crippen molar-refractivity contribution in [1.29, 1.82) is 0 Å². The van der Waals surface area contributed by atoms with Gasteiger partial charge in [-0.2, -0.15) is 0 Å². The van der Waals surface area contributed by atoms with Crippen LogP contribution in [-0.4, -0.2) is 31.4 Å². The van der Waals surface area contributed by atoms with Gasteiger partial charge < -0.3 is 0 Å². The summed E-state index contributed by atoms with van der Waals surface area (Å²) in [5.74, 6) is 0. The Balaban J connectivity index is 1.72. The molecule has 0 aliphatic heterocycles. The SMILES string of the molecule is Bc1c(B)c(-c2c3ccccc3c(-c3cc4ccccc4c4ccccc34)c3ccccc23)c(B)c(B)c1C. The molecule has 0 aliphatic carbocycles. The van der Waals surface area contributed by atoms with Gasteiger partial charge in [-0.15, -0.1) is 0 Å². The molecule has 7 aromatic rings. The Bertz CT molecular complexity index is 2040. The van der Waals surface area contributed by atoms with E-state index in [2.05, 4.69) is 141 Å². The molecule has 0 spiro atoms. The van der Waals surface area contributed by atoms with Crippen LogP contribution in [0, 0.1) is 6.92 Å². The summed E-state index contributed by atoms with van der Waals surface area (Å²) in [6.45, 7) is 2.26. The van der Waals surface area contributed by atoms with E-state index in [9.17, 15) is 0 Å². The van der Waals surface area contributed by atoms with E-state index < -0.39 is 0 Å². The number of rotatable bonds is 2. The van der Waals surface area contributed by atoms with Gasteiger partial charge in [-0.05, 0) is 78.3 Å². The van der Waals surface area contributed by atoms with E-state index >= 15 is 0 Å². The minimum absolute atomic E-state index is 1.28. The fourth-order valence-corrected chi connectivity index (χ4v) is 6.82. The third kappa shape index (κ3) is 3.44. The molecule has 0 heterocycles. The van der Waals surface area contributed by atoms with Gasteiger partial charge in [-0.25, -0.2) is 0 Å². The molecule has 0 atom stereocenters. The highest BCUT2D eigenvalue weighted by Crippen LogP contribution is 2.45. The Labute approximate surface area is 233 Å². The van der Waals surface area contributed by atoms with Crippen LogP contribution in [-0.2, 0) is 0 Å². The average Bonchev–Trinajstić information content (AvgIpc) is 2.98. The second-order valence-electron chi connectivity index (χ2n) is 11.0. The average molecular weight is 492 g/mol. The van der Waals surface area contributed by atoms with Crippen LogP contribution in [0.3, 0.4) is 0 Å². The molecule has 0 aromatic heterocycles. The number of fused-ring (bicyclic) bond motifs is 5. The van der Waals surface area contributed by atoms with Gasteiger partial charge in [-0.3, -0.25) is 0 Å². The second kappa shape index (κ2) is 8.95. The van der Waals surface area contributed by atoms with E-state index in [0.29, 0.717) is 0 Å². The van der Waals surface area contributed by atoms with Crippen molar-refractivity contribution < 1.29 is 0 Å². The summed E-state index contributed by atoms with van der Waals surface area (Å²) in [5.41, 5.74) is 12.3. The molecular formula is C35H28B4. The summed E-state index contributed by atoms with van der Waals surface area (Å²) in [7, 11) is 9.16. The highest BCUT2D eigenvalue weighted by molar-refractivity contribution is 6.61. The zero-order chi connectivity index (χ0) is 26.8. The van der Waals surface area contributed by atoms with E-state index in [0.717, 1.165) is 0 Å². The molecule has 0 nitrogen and oxygen atoms in total. The fraction of sp³-hybridized carbons (Fsp3) is 0.0286. The summed E-state index contributed by atoms with van der Waals surface area (Å²) >= 11 is 0. The quantitative estimate of drug-likeness (QED) is 0.198. The molecule has 0 bridgehead atoms. The number of hydrogen-bond acceptors (Lipinski definition) is 0. The predicted molar refractivity (Wildman–Crippen MR) is 185 cm³/mol. The van der Waals surface area contributed by atoms with Crippen molar-refractivity contribution in [2.24, 2.45) is 0 Å². The Morgan fingerprint density at radius 1 is 0.385 bits per heavy atom. The first-order valence-corrected chi connectivity index (χ1v) is 13.9. The molecule has 39 heavy (non-hydrogen) atoms. The van der Waals surface area contributed by atoms with E-state index in [1.54, 1.807) is 0 Å². The monoisotopic (exact) mass is 492 g/mol. The zero-order valence-electron chi connectivity index (χ0n) is 23.3. The van der Waals surface area contributed by atoms with Crippen LogP contribution >= 0.6 is 0 Å². The van der Waals surface area contributed by atoms with Crippen LogP contribution < -0.4 is 21.9 Å². The van der Waals surface area contributed by atoms with Gasteiger partial charge in [0.1, 0.15) is 31.4 Å². The standard InChI is InChI=1S/C35H28B4/c1-19-32(36)34(38)31(35(39)33(19)37)30-26-16-8-6-14-24(26)29(25-15-7-9-17-27(25)30)28-18-20-10-2-3-11-21(20)22-12-4-5-13-23(22)28/h2-18H,36-39H2,1H3. The maximum atomic E-state index is 2.40. The highest BCUT2D eigenvalue weighted by Gasteiger charge is 2.22. The number of hydrogen-bond donors (Lipinski definition) is 0. The van der Waals surface area contributed by atoms with Crippen molar-refractivity contribution in [1.82, 2.24) is 0 Å². The van der Waals surface area contributed by atoms with Crippen LogP contribution in [0.5, 0.6) is 0 Å². The summed E-state index contributed by atoms with van der Waals surface area (Å²) in [5, 5.41) is 10.4. The maximum absolute atomic E-state index is 2.40. The molecule has 0 saturated carbocycles. The maximum Gasteiger partial charge on any atom is 0.139 e. The van der Waals surface area contributed by atoms with Crippen molar-refractivity contribution in [2.45, 2.75) is 6.92 Å². The van der Waals surface area contributed by atoms with Gasteiger partial charge in [0.2, 0.25) is 0 Å². The molecule has 0 unspecified atom stereocenters. The first-order chi connectivity index (χ1) is 19.0. The minimum Gasteiger partial charge on any atom is -0.0923 e. The summed E-state index contributed by atoms with van der Waals surface area (Å²) in [6.07, 6.45) is 0.